The molecule has 2 N–H and O–H groups in total. The van der Waals surface area contributed by atoms with Crippen LogP contribution in [0.25, 0.3) is 0 Å². The van der Waals surface area contributed by atoms with Crippen molar-refractivity contribution < 1.29 is 9.66 Å². The molecule has 1 aromatic rings. The summed E-state index contributed by atoms with van der Waals surface area (Å²) in [5, 5.41) is 10.6. The molecule has 1 fully saturated rings. The summed E-state index contributed by atoms with van der Waals surface area (Å²) in [5.74, 6) is 0.443. The normalized spacial score (nSPS) is 23.6. The van der Waals surface area contributed by atoms with Crippen molar-refractivity contribution in [3.63, 3.8) is 0 Å². The number of aromatic nitrogens is 1. The van der Waals surface area contributed by atoms with E-state index in [9.17, 15) is 10.1 Å². The number of rotatable bonds is 3. The number of nitro groups is 1. The lowest BCUT2D eigenvalue weighted by atomic mass is 10.2. The van der Waals surface area contributed by atoms with E-state index < -0.39 is 4.92 Å². The van der Waals surface area contributed by atoms with Crippen LogP contribution in [0.5, 0.6) is 5.88 Å². The quantitative estimate of drug-likeness (QED) is 0.636. The minimum atomic E-state index is -0.467. The van der Waals surface area contributed by atoms with Gasteiger partial charge in [-0.05, 0) is 26.2 Å². The molecule has 92 valence electrons. The second-order valence-corrected chi connectivity index (χ2v) is 4.32. The lowest BCUT2D eigenvalue weighted by Gasteiger charge is -2.17. The molecular formula is C11H15N3O3. The summed E-state index contributed by atoms with van der Waals surface area (Å²) in [7, 11) is 0. The van der Waals surface area contributed by atoms with Crippen LogP contribution < -0.4 is 10.5 Å². The number of nitrogens with two attached hydrogens (primary N) is 1. The molecule has 1 saturated carbocycles. The molecule has 1 aliphatic rings. The summed E-state index contributed by atoms with van der Waals surface area (Å²) in [6.07, 6.45) is 4.11. The maximum absolute atomic E-state index is 10.6. The maximum Gasteiger partial charge on any atom is 0.288 e. The fourth-order valence-electron chi connectivity index (χ4n) is 2.02. The molecule has 1 aliphatic carbocycles. The zero-order valence-corrected chi connectivity index (χ0v) is 9.63. The summed E-state index contributed by atoms with van der Waals surface area (Å²) < 4.78 is 5.69. The number of pyridine rings is 1. The van der Waals surface area contributed by atoms with Gasteiger partial charge in [0.1, 0.15) is 12.3 Å². The Balaban J connectivity index is 2.14. The van der Waals surface area contributed by atoms with Crippen molar-refractivity contribution >= 4 is 5.69 Å². The van der Waals surface area contributed by atoms with Crippen LogP contribution >= 0.6 is 0 Å². The van der Waals surface area contributed by atoms with Crippen LogP contribution in [-0.4, -0.2) is 22.1 Å². The summed E-state index contributed by atoms with van der Waals surface area (Å²) in [4.78, 5) is 14.1. The van der Waals surface area contributed by atoms with Crippen LogP contribution in [0.1, 0.15) is 24.8 Å². The number of nitrogens with zero attached hydrogens (tertiary/aromatic N) is 2. The van der Waals surface area contributed by atoms with Gasteiger partial charge in [0.2, 0.25) is 5.88 Å². The average Bonchev–Trinajstić information content (AvgIpc) is 2.67. The Hall–Kier alpha value is -1.69. The molecule has 0 aliphatic heterocycles. The highest BCUT2D eigenvalue weighted by Crippen LogP contribution is 2.26. The minimum Gasteiger partial charge on any atom is -0.473 e. The van der Waals surface area contributed by atoms with Crippen LogP contribution in [-0.2, 0) is 0 Å². The first-order valence-corrected chi connectivity index (χ1v) is 5.61. The highest BCUT2D eigenvalue weighted by atomic mass is 16.6. The standard InChI is InChI=1S/C11H15N3O3/c1-7-5-8(14(15)16)6-13-11(7)17-10-4-2-3-9(10)12/h5-6,9-10H,2-4,12H2,1H3. The number of hydrogen-bond acceptors (Lipinski definition) is 5. The molecule has 0 spiro atoms. The number of aryl methyl sites for hydroxylation is 1. The van der Waals surface area contributed by atoms with Gasteiger partial charge in [-0.25, -0.2) is 4.98 Å². The van der Waals surface area contributed by atoms with Crippen LogP contribution in [0.2, 0.25) is 0 Å². The lowest BCUT2D eigenvalue weighted by molar-refractivity contribution is -0.385. The van der Waals surface area contributed by atoms with Gasteiger partial charge in [-0.2, -0.15) is 0 Å². The number of ether oxygens (including phenoxy) is 1. The van der Waals surface area contributed by atoms with Gasteiger partial charge in [-0.15, -0.1) is 0 Å². The van der Waals surface area contributed by atoms with Crippen molar-refractivity contribution in [1.29, 1.82) is 0 Å². The van der Waals surface area contributed by atoms with E-state index in [1.807, 2.05) is 0 Å². The van der Waals surface area contributed by atoms with E-state index in [0.717, 1.165) is 19.3 Å². The predicted molar refractivity (Wildman–Crippen MR) is 61.9 cm³/mol. The Morgan fingerprint density at radius 1 is 1.59 bits per heavy atom. The van der Waals surface area contributed by atoms with Crippen molar-refractivity contribution in [2.24, 2.45) is 5.73 Å². The van der Waals surface area contributed by atoms with E-state index >= 15 is 0 Å². The molecule has 0 radical (unpaired) electrons. The lowest BCUT2D eigenvalue weighted by Crippen LogP contribution is -2.34. The molecular weight excluding hydrogens is 222 g/mol. The van der Waals surface area contributed by atoms with Crippen LogP contribution in [0.15, 0.2) is 12.3 Å². The largest absolute Gasteiger partial charge is 0.473 e. The zero-order valence-electron chi connectivity index (χ0n) is 9.63. The Kier molecular flexibility index (Phi) is 3.23. The van der Waals surface area contributed by atoms with Gasteiger partial charge in [0.25, 0.3) is 5.69 Å². The van der Waals surface area contributed by atoms with Crippen molar-refractivity contribution in [3.05, 3.63) is 27.9 Å². The molecule has 1 heterocycles. The molecule has 0 saturated heterocycles. The van der Waals surface area contributed by atoms with Crippen molar-refractivity contribution in [3.8, 4) is 5.88 Å². The Morgan fingerprint density at radius 2 is 2.35 bits per heavy atom. The summed E-state index contributed by atoms with van der Waals surface area (Å²) in [6, 6.07) is 1.49. The van der Waals surface area contributed by atoms with Crippen molar-refractivity contribution in [2.75, 3.05) is 0 Å². The highest BCUT2D eigenvalue weighted by Gasteiger charge is 2.26. The van der Waals surface area contributed by atoms with E-state index in [2.05, 4.69) is 4.98 Å². The molecule has 6 heteroatoms. The molecule has 2 unspecified atom stereocenters. The monoisotopic (exact) mass is 237 g/mol. The second kappa shape index (κ2) is 4.67. The SMILES string of the molecule is Cc1cc([N+](=O)[O-])cnc1OC1CCCC1N. The topological polar surface area (TPSA) is 91.3 Å². The Bertz CT molecular complexity index is 436. The molecule has 2 rings (SSSR count). The zero-order chi connectivity index (χ0) is 12.4. The van der Waals surface area contributed by atoms with Gasteiger partial charge >= 0.3 is 0 Å². The van der Waals surface area contributed by atoms with E-state index in [1.54, 1.807) is 6.92 Å². The first kappa shape index (κ1) is 11.8. The van der Waals surface area contributed by atoms with Crippen molar-refractivity contribution in [2.45, 2.75) is 38.3 Å². The predicted octanol–water partition coefficient (Wildman–Crippen LogP) is 1.56. The molecule has 2 atom stereocenters. The summed E-state index contributed by atoms with van der Waals surface area (Å²) in [5.41, 5.74) is 6.54. The van der Waals surface area contributed by atoms with Gasteiger partial charge in [0.15, 0.2) is 0 Å². The van der Waals surface area contributed by atoms with Crippen molar-refractivity contribution in [1.82, 2.24) is 4.98 Å². The fourth-order valence-corrected chi connectivity index (χ4v) is 2.02. The molecule has 0 bridgehead atoms. The van der Waals surface area contributed by atoms with E-state index in [-0.39, 0.29) is 17.8 Å². The molecule has 0 aromatic carbocycles. The van der Waals surface area contributed by atoms with E-state index in [0.29, 0.717) is 11.4 Å². The third-order valence-electron chi connectivity index (χ3n) is 2.99. The van der Waals surface area contributed by atoms with Gasteiger partial charge in [0.05, 0.1) is 4.92 Å². The molecule has 0 amide bonds. The molecule has 17 heavy (non-hydrogen) atoms. The molecule has 6 nitrogen and oxygen atoms in total. The number of hydrogen-bond donors (Lipinski definition) is 1. The fraction of sp³-hybridized carbons (Fsp3) is 0.545. The van der Waals surface area contributed by atoms with Gasteiger partial charge in [-0.3, -0.25) is 10.1 Å². The Morgan fingerprint density at radius 3 is 2.88 bits per heavy atom. The third kappa shape index (κ3) is 2.52. The smallest absolute Gasteiger partial charge is 0.288 e. The van der Waals surface area contributed by atoms with Gasteiger partial charge < -0.3 is 10.5 Å². The Labute approximate surface area is 98.9 Å². The average molecular weight is 237 g/mol. The first-order valence-electron chi connectivity index (χ1n) is 5.61. The highest BCUT2D eigenvalue weighted by molar-refractivity contribution is 5.36. The first-order chi connectivity index (χ1) is 8.08. The molecule has 1 aromatic heterocycles. The minimum absolute atomic E-state index is 0.0226. The van der Waals surface area contributed by atoms with Gasteiger partial charge in [-0.1, -0.05) is 0 Å². The second-order valence-electron chi connectivity index (χ2n) is 4.32. The van der Waals surface area contributed by atoms with Crippen LogP contribution in [0, 0.1) is 17.0 Å². The van der Waals surface area contributed by atoms with Crippen LogP contribution in [0.3, 0.4) is 0 Å². The summed E-state index contributed by atoms with van der Waals surface area (Å²) in [6.45, 7) is 1.75. The summed E-state index contributed by atoms with van der Waals surface area (Å²) >= 11 is 0. The van der Waals surface area contributed by atoms with E-state index in [1.165, 1.54) is 12.3 Å². The third-order valence-corrected chi connectivity index (χ3v) is 2.99. The maximum atomic E-state index is 10.6. The van der Waals surface area contributed by atoms with Crippen LogP contribution in [0.4, 0.5) is 5.69 Å². The van der Waals surface area contributed by atoms with Gasteiger partial charge in [0, 0.05) is 17.7 Å². The van der Waals surface area contributed by atoms with E-state index in [4.69, 9.17) is 10.5 Å².